The fraction of sp³-hybridized carbons (Fsp3) is 0.269. The molecule has 0 N–H and O–H groups in total. The van der Waals surface area contributed by atoms with E-state index in [1.165, 1.54) is 0 Å². The number of carbonyl (C=O) groups is 1. The van der Waals surface area contributed by atoms with Crippen molar-refractivity contribution in [2.45, 2.75) is 12.3 Å². The largest absolute Gasteiger partial charge is 0.497 e. The Bertz CT molecular complexity index is 1150. The average Bonchev–Trinajstić information content (AvgIpc) is 2.97. The summed E-state index contributed by atoms with van der Waals surface area (Å²) < 4.78 is 27.6. The van der Waals surface area contributed by atoms with E-state index in [0.717, 1.165) is 22.4 Å². The van der Waals surface area contributed by atoms with Gasteiger partial charge in [0.1, 0.15) is 28.7 Å². The molecule has 6 heteroatoms. The molecule has 1 atom stereocenters. The van der Waals surface area contributed by atoms with Gasteiger partial charge in [-0.25, -0.2) is 0 Å². The lowest BCUT2D eigenvalue weighted by Crippen LogP contribution is -2.10. The minimum atomic E-state index is -0.136. The fourth-order valence-electron chi connectivity index (χ4n) is 4.32. The van der Waals surface area contributed by atoms with Gasteiger partial charge in [-0.15, -0.1) is 0 Å². The van der Waals surface area contributed by atoms with E-state index < -0.39 is 0 Å². The van der Waals surface area contributed by atoms with Gasteiger partial charge in [-0.05, 0) is 41.8 Å². The lowest BCUT2D eigenvalue weighted by Gasteiger charge is -2.21. The average molecular weight is 434 g/mol. The summed E-state index contributed by atoms with van der Waals surface area (Å²) in [6.07, 6.45) is 0.559. The van der Waals surface area contributed by atoms with Gasteiger partial charge in [-0.1, -0.05) is 12.1 Å². The van der Waals surface area contributed by atoms with Crippen molar-refractivity contribution in [3.63, 3.8) is 0 Å². The van der Waals surface area contributed by atoms with Crippen LogP contribution in [0.3, 0.4) is 0 Å². The molecule has 0 spiro atoms. The summed E-state index contributed by atoms with van der Waals surface area (Å²) in [5.74, 6) is 2.77. The third-order valence-electron chi connectivity index (χ3n) is 5.97. The smallest absolute Gasteiger partial charge is 0.197 e. The lowest BCUT2D eigenvalue weighted by molar-refractivity contribution is 0.103. The second kappa shape index (κ2) is 8.83. The van der Waals surface area contributed by atoms with Crippen LogP contribution < -0.4 is 23.7 Å². The van der Waals surface area contributed by atoms with Gasteiger partial charge < -0.3 is 23.7 Å². The molecule has 0 saturated heterocycles. The number of rotatable bonds is 6. The molecule has 0 aromatic heterocycles. The molecule has 1 aliphatic rings. The van der Waals surface area contributed by atoms with Crippen LogP contribution in [0.2, 0.25) is 0 Å². The molecule has 0 radical (unpaired) electrons. The van der Waals surface area contributed by atoms with Crippen LogP contribution in [0.25, 0.3) is 0 Å². The summed E-state index contributed by atoms with van der Waals surface area (Å²) in [4.78, 5) is 13.9. The van der Waals surface area contributed by atoms with Crippen LogP contribution in [0.1, 0.15) is 38.5 Å². The van der Waals surface area contributed by atoms with Gasteiger partial charge >= 0.3 is 0 Å². The molecule has 1 unspecified atom stereocenters. The topological polar surface area (TPSA) is 63.2 Å². The summed E-state index contributed by atoms with van der Waals surface area (Å²) in [6.45, 7) is 0. The van der Waals surface area contributed by atoms with Crippen molar-refractivity contribution in [3.8, 4) is 28.7 Å². The SMILES string of the molecule is COc1ccc(C2Cc3c(OC)cc(OC)cc3C(=O)c3c(OC)cc(OC)cc32)cc1. The van der Waals surface area contributed by atoms with Gasteiger partial charge in [0.05, 0.1) is 41.1 Å². The van der Waals surface area contributed by atoms with Gasteiger partial charge in [-0.3, -0.25) is 4.79 Å². The molecule has 32 heavy (non-hydrogen) atoms. The number of hydrogen-bond acceptors (Lipinski definition) is 6. The van der Waals surface area contributed by atoms with Crippen LogP contribution in [-0.4, -0.2) is 41.3 Å². The van der Waals surface area contributed by atoms with Crippen molar-refractivity contribution >= 4 is 5.78 Å². The maximum atomic E-state index is 13.9. The van der Waals surface area contributed by atoms with Gasteiger partial charge in [0.2, 0.25) is 0 Å². The zero-order valence-electron chi connectivity index (χ0n) is 18.9. The van der Waals surface area contributed by atoms with Crippen molar-refractivity contribution in [1.82, 2.24) is 0 Å². The Kier molecular flexibility index (Phi) is 5.95. The van der Waals surface area contributed by atoms with E-state index >= 15 is 0 Å². The number of ether oxygens (including phenoxy) is 5. The number of carbonyl (C=O) groups excluding carboxylic acids is 1. The number of ketones is 1. The van der Waals surface area contributed by atoms with Crippen molar-refractivity contribution in [2.24, 2.45) is 0 Å². The molecule has 6 nitrogen and oxygen atoms in total. The van der Waals surface area contributed by atoms with Gasteiger partial charge in [-0.2, -0.15) is 0 Å². The summed E-state index contributed by atoms with van der Waals surface area (Å²) >= 11 is 0. The quantitative estimate of drug-likeness (QED) is 0.563. The normalized spacial score (nSPS) is 14.7. The second-order valence-electron chi connectivity index (χ2n) is 7.51. The fourth-order valence-corrected chi connectivity index (χ4v) is 4.32. The van der Waals surface area contributed by atoms with Crippen LogP contribution in [0, 0.1) is 0 Å². The standard InChI is InChI=1S/C26H26O6/c1-28-16-8-6-15(7-9-16)19-14-20-22(11-18(30-3)12-23(20)31-4)26(27)25-21(19)10-17(29-2)13-24(25)32-5/h6-13,19H,14H2,1-5H3. The van der Waals surface area contributed by atoms with Gasteiger partial charge in [0.15, 0.2) is 5.78 Å². The Morgan fingerprint density at radius 2 is 1.28 bits per heavy atom. The maximum Gasteiger partial charge on any atom is 0.197 e. The maximum absolute atomic E-state index is 13.9. The first-order valence-electron chi connectivity index (χ1n) is 10.2. The Balaban J connectivity index is 2.03. The lowest BCUT2D eigenvalue weighted by atomic mass is 9.85. The van der Waals surface area contributed by atoms with Crippen LogP contribution in [-0.2, 0) is 6.42 Å². The zero-order chi connectivity index (χ0) is 22.8. The Hall–Kier alpha value is -3.67. The predicted octanol–water partition coefficient (Wildman–Crippen LogP) is 4.65. The van der Waals surface area contributed by atoms with E-state index in [9.17, 15) is 4.79 Å². The number of benzene rings is 3. The highest BCUT2D eigenvalue weighted by atomic mass is 16.5. The minimum Gasteiger partial charge on any atom is -0.497 e. The zero-order valence-corrected chi connectivity index (χ0v) is 18.9. The molecule has 1 aliphatic carbocycles. The minimum absolute atomic E-state index is 0.132. The van der Waals surface area contributed by atoms with Crippen molar-refractivity contribution in [1.29, 1.82) is 0 Å². The van der Waals surface area contributed by atoms with Crippen molar-refractivity contribution < 1.29 is 28.5 Å². The molecule has 166 valence electrons. The van der Waals surface area contributed by atoms with Gasteiger partial charge in [0.25, 0.3) is 0 Å². The third-order valence-corrected chi connectivity index (χ3v) is 5.97. The molecule has 0 aliphatic heterocycles. The predicted molar refractivity (Wildman–Crippen MR) is 121 cm³/mol. The molecule has 0 fully saturated rings. The van der Waals surface area contributed by atoms with E-state index in [1.54, 1.807) is 47.7 Å². The summed E-state index contributed by atoms with van der Waals surface area (Å²) in [5, 5.41) is 0. The summed E-state index contributed by atoms with van der Waals surface area (Å²) in [5.41, 5.74) is 3.77. The van der Waals surface area contributed by atoms with Crippen LogP contribution in [0.15, 0.2) is 48.5 Å². The van der Waals surface area contributed by atoms with Crippen LogP contribution in [0.5, 0.6) is 28.7 Å². The van der Waals surface area contributed by atoms with E-state index in [2.05, 4.69) is 0 Å². The van der Waals surface area contributed by atoms with E-state index in [-0.39, 0.29) is 11.7 Å². The Morgan fingerprint density at radius 3 is 1.88 bits per heavy atom. The number of methoxy groups -OCH3 is 5. The molecule has 3 aromatic carbocycles. The monoisotopic (exact) mass is 434 g/mol. The first kappa shape index (κ1) is 21.6. The van der Waals surface area contributed by atoms with Crippen molar-refractivity contribution in [3.05, 3.63) is 76.3 Å². The van der Waals surface area contributed by atoms with E-state index in [4.69, 9.17) is 23.7 Å². The molecule has 0 amide bonds. The summed E-state index contributed by atoms with van der Waals surface area (Å²) in [7, 11) is 7.97. The highest BCUT2D eigenvalue weighted by Crippen LogP contribution is 2.45. The second-order valence-corrected chi connectivity index (χ2v) is 7.51. The van der Waals surface area contributed by atoms with Crippen molar-refractivity contribution in [2.75, 3.05) is 35.5 Å². The molecule has 0 heterocycles. The Labute approximate surface area is 187 Å². The highest BCUT2D eigenvalue weighted by molar-refractivity contribution is 6.14. The highest BCUT2D eigenvalue weighted by Gasteiger charge is 2.34. The first-order valence-corrected chi connectivity index (χ1v) is 10.2. The van der Waals surface area contributed by atoms with Gasteiger partial charge in [0, 0.05) is 29.2 Å². The van der Waals surface area contributed by atoms with Crippen LogP contribution in [0.4, 0.5) is 0 Å². The van der Waals surface area contributed by atoms with E-state index in [0.29, 0.717) is 40.5 Å². The molecule has 4 rings (SSSR count). The molecular weight excluding hydrogens is 408 g/mol. The van der Waals surface area contributed by atoms with E-state index in [1.807, 2.05) is 36.4 Å². The molecule has 0 bridgehead atoms. The molecule has 0 saturated carbocycles. The third kappa shape index (κ3) is 3.62. The molecule has 3 aromatic rings. The van der Waals surface area contributed by atoms with Crippen LogP contribution >= 0.6 is 0 Å². The summed E-state index contributed by atoms with van der Waals surface area (Å²) in [6, 6.07) is 15.1. The molecular formula is C26H26O6. The number of fused-ring (bicyclic) bond motifs is 2. The first-order chi connectivity index (χ1) is 15.5. The number of hydrogen-bond donors (Lipinski definition) is 0. The Morgan fingerprint density at radius 1 is 0.688 bits per heavy atom.